The van der Waals surface area contributed by atoms with E-state index in [0.717, 1.165) is 0 Å². The summed E-state index contributed by atoms with van der Waals surface area (Å²) < 4.78 is 5.51. The smallest absolute Gasteiger partial charge is 0.146 e. The minimum atomic E-state index is -0.852. The lowest BCUT2D eigenvalue weighted by atomic mass is 10.0. The van der Waals surface area contributed by atoms with Gasteiger partial charge in [0.25, 0.3) is 0 Å². The number of terminal acetylenes is 2. The number of ether oxygens (including phenoxy) is 1. The van der Waals surface area contributed by atoms with E-state index in [-0.39, 0.29) is 0 Å². The van der Waals surface area contributed by atoms with Crippen molar-refractivity contribution in [2.24, 2.45) is 0 Å². The predicted molar refractivity (Wildman–Crippen MR) is 56.0 cm³/mol. The minimum absolute atomic E-state index is 0.852. The SMILES string of the molecule is C#CC(C)(C=C)OC(C)(C#C)C=C. The van der Waals surface area contributed by atoms with Gasteiger partial charge in [0, 0.05) is 0 Å². The summed E-state index contributed by atoms with van der Waals surface area (Å²) in [5, 5.41) is 0. The van der Waals surface area contributed by atoms with E-state index < -0.39 is 11.2 Å². The van der Waals surface area contributed by atoms with Gasteiger partial charge >= 0.3 is 0 Å². The first-order valence-electron chi connectivity index (χ1n) is 3.88. The fraction of sp³-hybridized carbons (Fsp3) is 0.333. The van der Waals surface area contributed by atoms with Crippen LogP contribution in [-0.4, -0.2) is 11.2 Å². The fourth-order valence-electron chi connectivity index (χ4n) is 0.701. The van der Waals surface area contributed by atoms with Gasteiger partial charge in [-0.25, -0.2) is 0 Å². The molecule has 0 saturated heterocycles. The highest BCUT2D eigenvalue weighted by molar-refractivity contribution is 5.23. The maximum Gasteiger partial charge on any atom is 0.146 e. The van der Waals surface area contributed by atoms with Crippen LogP contribution >= 0.6 is 0 Å². The molecule has 0 aliphatic heterocycles. The predicted octanol–water partition coefficient (Wildman–Crippen LogP) is 2.16. The molecule has 0 radical (unpaired) electrons. The Labute approximate surface area is 80.5 Å². The molecule has 13 heavy (non-hydrogen) atoms. The Balaban J connectivity index is 4.81. The summed E-state index contributed by atoms with van der Waals surface area (Å²) in [6.07, 6.45) is 13.6. The van der Waals surface area contributed by atoms with E-state index in [1.807, 2.05) is 0 Å². The van der Waals surface area contributed by atoms with Crippen LogP contribution in [0.4, 0.5) is 0 Å². The Morgan fingerprint density at radius 1 is 1.08 bits per heavy atom. The van der Waals surface area contributed by atoms with Gasteiger partial charge in [0.2, 0.25) is 0 Å². The summed E-state index contributed by atoms with van der Waals surface area (Å²) >= 11 is 0. The second kappa shape index (κ2) is 3.99. The van der Waals surface area contributed by atoms with Crippen molar-refractivity contribution >= 4 is 0 Å². The molecule has 0 saturated carbocycles. The number of rotatable bonds is 4. The third kappa shape index (κ3) is 2.82. The summed E-state index contributed by atoms with van der Waals surface area (Å²) in [5.41, 5.74) is -1.70. The number of hydrogen-bond donors (Lipinski definition) is 0. The van der Waals surface area contributed by atoms with Gasteiger partial charge in [-0.1, -0.05) is 25.0 Å². The molecule has 0 amide bonds. The van der Waals surface area contributed by atoms with E-state index in [4.69, 9.17) is 17.6 Å². The molecule has 1 heteroatoms. The molecule has 0 fully saturated rings. The lowest BCUT2D eigenvalue weighted by Crippen LogP contribution is -2.36. The summed E-state index contributed by atoms with van der Waals surface area (Å²) in [5.74, 6) is 4.94. The first kappa shape index (κ1) is 11.6. The Morgan fingerprint density at radius 2 is 1.38 bits per heavy atom. The highest BCUT2D eigenvalue weighted by Gasteiger charge is 2.28. The van der Waals surface area contributed by atoms with Gasteiger partial charge in [0.05, 0.1) is 0 Å². The molecule has 0 aromatic rings. The van der Waals surface area contributed by atoms with E-state index in [9.17, 15) is 0 Å². The van der Waals surface area contributed by atoms with E-state index in [0.29, 0.717) is 0 Å². The van der Waals surface area contributed by atoms with Crippen molar-refractivity contribution in [3.8, 4) is 24.7 Å². The van der Waals surface area contributed by atoms with Crippen LogP contribution in [0.2, 0.25) is 0 Å². The van der Waals surface area contributed by atoms with Gasteiger partial charge in [0.1, 0.15) is 11.2 Å². The third-order valence-corrected chi connectivity index (χ3v) is 1.78. The van der Waals surface area contributed by atoms with Crippen LogP contribution in [0, 0.1) is 24.7 Å². The second-order valence-corrected chi connectivity index (χ2v) is 3.01. The second-order valence-electron chi connectivity index (χ2n) is 3.01. The molecular weight excluding hydrogens is 160 g/mol. The first-order valence-corrected chi connectivity index (χ1v) is 3.88. The molecule has 0 aliphatic carbocycles. The van der Waals surface area contributed by atoms with Crippen LogP contribution in [0.3, 0.4) is 0 Å². The number of hydrogen-bond acceptors (Lipinski definition) is 1. The van der Waals surface area contributed by atoms with Crippen molar-refractivity contribution in [2.45, 2.75) is 25.0 Å². The molecule has 1 nitrogen and oxygen atoms in total. The zero-order chi connectivity index (χ0) is 10.5. The zero-order valence-corrected chi connectivity index (χ0v) is 8.13. The largest absolute Gasteiger partial charge is 0.337 e. The van der Waals surface area contributed by atoms with E-state index in [1.54, 1.807) is 13.8 Å². The van der Waals surface area contributed by atoms with Crippen molar-refractivity contribution in [3.63, 3.8) is 0 Å². The van der Waals surface area contributed by atoms with Gasteiger partial charge in [-0.2, -0.15) is 0 Å². The van der Waals surface area contributed by atoms with Crippen LogP contribution in [0.25, 0.3) is 0 Å². The Bertz CT molecular complexity index is 259. The van der Waals surface area contributed by atoms with E-state index in [1.165, 1.54) is 12.2 Å². The van der Waals surface area contributed by atoms with Crippen LogP contribution in [-0.2, 0) is 4.74 Å². The topological polar surface area (TPSA) is 9.23 Å². The maximum absolute atomic E-state index is 5.51. The highest BCUT2D eigenvalue weighted by Crippen LogP contribution is 2.21. The van der Waals surface area contributed by atoms with Crippen LogP contribution < -0.4 is 0 Å². The van der Waals surface area contributed by atoms with Crippen molar-refractivity contribution in [2.75, 3.05) is 0 Å². The minimum Gasteiger partial charge on any atom is -0.337 e. The first-order chi connectivity index (χ1) is 5.95. The van der Waals surface area contributed by atoms with Gasteiger partial charge in [-0.05, 0) is 26.0 Å². The van der Waals surface area contributed by atoms with E-state index in [2.05, 4.69) is 25.0 Å². The Hall–Kier alpha value is -1.44. The van der Waals surface area contributed by atoms with Crippen molar-refractivity contribution < 1.29 is 4.74 Å². The summed E-state index contributed by atoms with van der Waals surface area (Å²) in [7, 11) is 0. The van der Waals surface area contributed by atoms with Gasteiger partial charge < -0.3 is 4.74 Å². The van der Waals surface area contributed by atoms with Crippen LogP contribution in [0.1, 0.15) is 13.8 Å². The fourth-order valence-corrected chi connectivity index (χ4v) is 0.701. The standard InChI is InChI=1S/C12H14O/c1-7-11(5,8-2)13-12(6,9-3)10-4/h1,3,8,10H,2,4H2,5-6H3. The van der Waals surface area contributed by atoms with Gasteiger partial charge in [0.15, 0.2) is 0 Å². The molecule has 0 aromatic heterocycles. The van der Waals surface area contributed by atoms with Gasteiger partial charge in [-0.15, -0.1) is 12.8 Å². The summed E-state index contributed by atoms with van der Waals surface area (Å²) in [6.45, 7) is 10.6. The summed E-state index contributed by atoms with van der Waals surface area (Å²) in [6, 6.07) is 0. The average Bonchev–Trinajstić information content (AvgIpc) is 2.17. The lowest BCUT2D eigenvalue weighted by Gasteiger charge is -2.29. The molecule has 0 rings (SSSR count). The maximum atomic E-state index is 5.51. The zero-order valence-electron chi connectivity index (χ0n) is 8.13. The van der Waals surface area contributed by atoms with Crippen LogP contribution in [0.15, 0.2) is 25.3 Å². The third-order valence-electron chi connectivity index (χ3n) is 1.78. The molecule has 0 heterocycles. The molecule has 2 atom stereocenters. The quantitative estimate of drug-likeness (QED) is 0.469. The lowest BCUT2D eigenvalue weighted by molar-refractivity contribution is -0.0227. The van der Waals surface area contributed by atoms with Crippen molar-refractivity contribution in [1.29, 1.82) is 0 Å². The Morgan fingerprint density at radius 3 is 1.54 bits per heavy atom. The van der Waals surface area contributed by atoms with Crippen LogP contribution in [0.5, 0.6) is 0 Å². The summed E-state index contributed by atoms with van der Waals surface area (Å²) in [4.78, 5) is 0. The molecule has 0 bridgehead atoms. The monoisotopic (exact) mass is 174 g/mol. The molecule has 68 valence electrons. The molecule has 0 spiro atoms. The normalized spacial score (nSPS) is 18.5. The van der Waals surface area contributed by atoms with E-state index >= 15 is 0 Å². The van der Waals surface area contributed by atoms with Crippen molar-refractivity contribution in [3.05, 3.63) is 25.3 Å². The molecule has 2 unspecified atom stereocenters. The molecule has 0 N–H and O–H groups in total. The van der Waals surface area contributed by atoms with Crippen molar-refractivity contribution in [1.82, 2.24) is 0 Å². The van der Waals surface area contributed by atoms with Gasteiger partial charge in [-0.3, -0.25) is 0 Å². The molecular formula is C12H14O. The molecule has 0 aliphatic rings. The Kier molecular flexibility index (Phi) is 3.54. The molecule has 0 aromatic carbocycles. The highest BCUT2D eigenvalue weighted by atomic mass is 16.5. The average molecular weight is 174 g/mol.